The van der Waals surface area contributed by atoms with Crippen LogP contribution >= 0.6 is 11.3 Å². The summed E-state index contributed by atoms with van der Waals surface area (Å²) in [6.45, 7) is 6.94. The van der Waals surface area contributed by atoms with Crippen molar-refractivity contribution in [2.45, 2.75) is 38.8 Å². The first-order valence-corrected chi connectivity index (χ1v) is 10.3. The third-order valence-electron chi connectivity index (χ3n) is 6.06. The Labute approximate surface area is 158 Å². The van der Waals surface area contributed by atoms with Crippen LogP contribution < -0.4 is 5.32 Å². The van der Waals surface area contributed by atoms with Crippen LogP contribution in [0.2, 0.25) is 0 Å². The van der Waals surface area contributed by atoms with Gasteiger partial charge in [0.2, 0.25) is 0 Å². The van der Waals surface area contributed by atoms with E-state index in [0.717, 1.165) is 33.4 Å². The smallest absolute Gasteiger partial charge is 0.0907 e. The number of aromatic nitrogens is 2. The summed E-state index contributed by atoms with van der Waals surface area (Å²) >= 11 is 1.74. The van der Waals surface area contributed by atoms with E-state index >= 15 is 0 Å². The largest absolute Gasteiger partial charge is 0.379 e. The molecule has 2 bridgehead atoms. The maximum Gasteiger partial charge on any atom is 0.0907 e. The fourth-order valence-corrected chi connectivity index (χ4v) is 5.40. The zero-order valence-electron chi connectivity index (χ0n) is 15.3. The maximum atomic E-state index is 4.71. The SMILES string of the molecule is Cc1nc2cc(-c3ccc(NC4C5CCN(CC5)C4C)cn3)ccc2s1. The predicted molar refractivity (Wildman–Crippen MR) is 109 cm³/mol. The van der Waals surface area contributed by atoms with E-state index in [1.807, 2.05) is 6.20 Å². The standard InChI is InChI=1S/C21H24N4S/c1-13-21(15-7-9-25(13)10-8-15)24-17-4-5-18(22-12-17)16-3-6-20-19(11-16)23-14(2)26-20/h3-6,11-13,15,21,24H,7-10H2,1-2H3. The average molecular weight is 365 g/mol. The molecule has 6 rings (SSSR count). The van der Waals surface area contributed by atoms with Crippen LogP contribution in [0.15, 0.2) is 36.5 Å². The van der Waals surface area contributed by atoms with Crippen molar-refractivity contribution in [3.8, 4) is 11.3 Å². The number of rotatable bonds is 3. The minimum absolute atomic E-state index is 0.541. The lowest BCUT2D eigenvalue weighted by molar-refractivity contribution is 0.0458. The van der Waals surface area contributed by atoms with Crippen LogP contribution in [0, 0.1) is 12.8 Å². The summed E-state index contributed by atoms with van der Waals surface area (Å²) in [5, 5.41) is 4.87. The van der Waals surface area contributed by atoms with E-state index in [9.17, 15) is 0 Å². The molecule has 0 spiro atoms. The van der Waals surface area contributed by atoms with Crippen LogP contribution in [0.1, 0.15) is 24.8 Å². The van der Waals surface area contributed by atoms with Crippen LogP contribution in [-0.4, -0.2) is 40.0 Å². The second-order valence-corrected chi connectivity index (χ2v) is 8.87. The van der Waals surface area contributed by atoms with Gasteiger partial charge in [-0.1, -0.05) is 6.07 Å². The highest BCUT2D eigenvalue weighted by Gasteiger charge is 2.39. The summed E-state index contributed by atoms with van der Waals surface area (Å²) in [6.07, 6.45) is 4.62. The Kier molecular flexibility index (Phi) is 3.94. The molecule has 3 aromatic rings. The minimum atomic E-state index is 0.541. The number of nitrogens with one attached hydrogen (secondary N) is 1. The molecule has 3 aliphatic heterocycles. The summed E-state index contributed by atoms with van der Waals surface area (Å²) < 4.78 is 1.24. The Morgan fingerprint density at radius 3 is 2.73 bits per heavy atom. The zero-order chi connectivity index (χ0) is 17.7. The molecule has 0 radical (unpaired) electrons. The molecule has 1 N–H and O–H groups in total. The van der Waals surface area contributed by atoms with Crippen LogP contribution in [-0.2, 0) is 0 Å². The molecule has 3 saturated heterocycles. The van der Waals surface area contributed by atoms with Crippen molar-refractivity contribution in [2.75, 3.05) is 18.4 Å². The number of hydrogen-bond donors (Lipinski definition) is 1. The maximum absolute atomic E-state index is 4.71. The molecule has 0 aliphatic carbocycles. The second kappa shape index (κ2) is 6.32. The normalized spacial score (nSPS) is 27.8. The number of hydrogen-bond acceptors (Lipinski definition) is 5. The van der Waals surface area contributed by atoms with E-state index in [-0.39, 0.29) is 0 Å². The van der Waals surface area contributed by atoms with Crippen molar-refractivity contribution in [2.24, 2.45) is 5.92 Å². The molecule has 5 heteroatoms. The topological polar surface area (TPSA) is 41.1 Å². The molecule has 1 aromatic carbocycles. The summed E-state index contributed by atoms with van der Waals surface area (Å²) in [5.41, 5.74) is 4.33. The van der Waals surface area contributed by atoms with Gasteiger partial charge in [-0.05, 0) is 70.0 Å². The monoisotopic (exact) mass is 364 g/mol. The van der Waals surface area contributed by atoms with E-state index < -0.39 is 0 Å². The van der Waals surface area contributed by atoms with E-state index in [1.54, 1.807) is 11.3 Å². The van der Waals surface area contributed by atoms with Crippen LogP contribution in [0.25, 0.3) is 21.5 Å². The van der Waals surface area contributed by atoms with Crippen molar-refractivity contribution in [3.63, 3.8) is 0 Å². The lowest BCUT2D eigenvalue weighted by atomic mass is 9.79. The number of pyridine rings is 1. The van der Waals surface area contributed by atoms with Gasteiger partial charge in [0, 0.05) is 17.6 Å². The summed E-state index contributed by atoms with van der Waals surface area (Å²) in [7, 11) is 0. The van der Waals surface area contributed by atoms with E-state index in [0.29, 0.717) is 12.1 Å². The number of thiazole rings is 1. The van der Waals surface area contributed by atoms with E-state index in [1.165, 1.54) is 30.6 Å². The molecule has 4 nitrogen and oxygen atoms in total. The van der Waals surface area contributed by atoms with E-state index in [4.69, 9.17) is 4.98 Å². The highest BCUT2D eigenvalue weighted by molar-refractivity contribution is 7.18. The first-order chi connectivity index (χ1) is 12.7. The molecule has 0 saturated carbocycles. The van der Waals surface area contributed by atoms with Crippen molar-refractivity contribution >= 4 is 27.2 Å². The van der Waals surface area contributed by atoms with Crippen molar-refractivity contribution in [1.82, 2.24) is 14.9 Å². The molecule has 5 heterocycles. The molecule has 3 fully saturated rings. The fourth-order valence-electron chi connectivity index (χ4n) is 4.59. The Balaban J connectivity index is 1.36. The Bertz CT molecular complexity index is 923. The van der Waals surface area contributed by atoms with Gasteiger partial charge in [-0.15, -0.1) is 11.3 Å². The summed E-state index contributed by atoms with van der Waals surface area (Å²) in [4.78, 5) is 11.9. The molecule has 0 amide bonds. The van der Waals surface area contributed by atoms with Gasteiger partial charge in [-0.25, -0.2) is 4.98 Å². The molecular weight excluding hydrogens is 340 g/mol. The highest BCUT2D eigenvalue weighted by Crippen LogP contribution is 2.34. The van der Waals surface area contributed by atoms with Crippen molar-refractivity contribution < 1.29 is 0 Å². The van der Waals surface area contributed by atoms with Gasteiger partial charge in [-0.2, -0.15) is 0 Å². The number of anilines is 1. The fraction of sp³-hybridized carbons (Fsp3) is 0.429. The summed E-state index contributed by atoms with van der Waals surface area (Å²) in [5.74, 6) is 0.796. The van der Waals surface area contributed by atoms with Gasteiger partial charge in [0.15, 0.2) is 0 Å². The van der Waals surface area contributed by atoms with Crippen molar-refractivity contribution in [3.05, 3.63) is 41.5 Å². The lowest BCUT2D eigenvalue weighted by Crippen LogP contribution is -2.59. The minimum Gasteiger partial charge on any atom is -0.379 e. The molecule has 26 heavy (non-hydrogen) atoms. The third-order valence-corrected chi connectivity index (χ3v) is 7.02. The molecular formula is C21H24N4S. The van der Waals surface area contributed by atoms with Gasteiger partial charge < -0.3 is 5.32 Å². The number of aryl methyl sites for hydroxylation is 1. The molecule has 134 valence electrons. The Morgan fingerprint density at radius 1 is 1.15 bits per heavy atom. The van der Waals surface area contributed by atoms with Crippen LogP contribution in [0.5, 0.6) is 0 Å². The predicted octanol–water partition coefficient (Wildman–Crippen LogP) is 4.56. The molecule has 2 unspecified atom stereocenters. The first kappa shape index (κ1) is 16.2. The van der Waals surface area contributed by atoms with Gasteiger partial charge in [-0.3, -0.25) is 9.88 Å². The Morgan fingerprint density at radius 2 is 2.00 bits per heavy atom. The van der Waals surface area contributed by atoms with Gasteiger partial charge >= 0.3 is 0 Å². The molecule has 3 aliphatic rings. The quantitative estimate of drug-likeness (QED) is 0.740. The van der Waals surface area contributed by atoms with Crippen LogP contribution in [0.3, 0.4) is 0 Å². The number of piperidine rings is 3. The van der Waals surface area contributed by atoms with Crippen LogP contribution in [0.4, 0.5) is 5.69 Å². The zero-order valence-corrected chi connectivity index (χ0v) is 16.1. The van der Waals surface area contributed by atoms with Gasteiger partial charge in [0.1, 0.15) is 0 Å². The average Bonchev–Trinajstić information content (AvgIpc) is 3.05. The van der Waals surface area contributed by atoms with Crippen molar-refractivity contribution in [1.29, 1.82) is 0 Å². The third kappa shape index (κ3) is 2.79. The first-order valence-electron chi connectivity index (χ1n) is 9.51. The molecule has 2 aromatic heterocycles. The summed E-state index contributed by atoms with van der Waals surface area (Å²) in [6, 6.07) is 11.9. The Hall–Kier alpha value is -1.98. The van der Waals surface area contributed by atoms with Gasteiger partial charge in [0.25, 0.3) is 0 Å². The number of nitrogens with zero attached hydrogens (tertiary/aromatic N) is 3. The second-order valence-electron chi connectivity index (χ2n) is 7.63. The highest BCUT2D eigenvalue weighted by atomic mass is 32.1. The number of fused-ring (bicyclic) bond motifs is 4. The molecule has 2 atom stereocenters. The lowest BCUT2D eigenvalue weighted by Gasteiger charge is -2.50. The number of benzene rings is 1. The van der Waals surface area contributed by atoms with E-state index in [2.05, 4.69) is 59.4 Å². The van der Waals surface area contributed by atoms with Gasteiger partial charge in [0.05, 0.1) is 32.8 Å².